The van der Waals surface area contributed by atoms with Gasteiger partial charge in [0.1, 0.15) is 17.3 Å². The van der Waals surface area contributed by atoms with E-state index in [1.165, 1.54) is 75.0 Å². The molecule has 0 spiro atoms. The molecule has 0 aliphatic carbocycles. The molecule has 0 fully saturated rings. The van der Waals surface area contributed by atoms with Gasteiger partial charge < -0.3 is 0 Å². The third-order valence-corrected chi connectivity index (χ3v) is 5.71. The average molecular weight is 390 g/mol. The van der Waals surface area contributed by atoms with Crippen molar-refractivity contribution < 1.29 is 25.2 Å². The quantitative estimate of drug-likeness (QED) is 0.135. The summed E-state index contributed by atoms with van der Waals surface area (Å²) in [4.78, 5) is 0. The van der Waals surface area contributed by atoms with E-state index in [2.05, 4.69) is 20.8 Å². The summed E-state index contributed by atoms with van der Waals surface area (Å²) in [7, 11) is -9.89. The van der Waals surface area contributed by atoms with Gasteiger partial charge in [-0.05, 0) is 49.4 Å². The molecule has 0 bridgehead atoms. The van der Waals surface area contributed by atoms with Gasteiger partial charge in [-0.15, -0.1) is 0 Å². The van der Waals surface area contributed by atoms with Gasteiger partial charge in [0.15, 0.2) is 0 Å². The van der Waals surface area contributed by atoms with Crippen LogP contribution in [0.1, 0.15) is 78.6 Å². The Labute approximate surface area is 140 Å². The predicted octanol–water partition coefficient (Wildman–Crippen LogP) is 8.56. The molecule has 0 aliphatic heterocycles. The predicted molar refractivity (Wildman–Crippen MR) is 94.1 cm³/mol. The van der Waals surface area contributed by atoms with Gasteiger partial charge in [-0.2, -0.15) is 0 Å². The summed E-state index contributed by atoms with van der Waals surface area (Å²) < 4.78 is 59.2. The van der Waals surface area contributed by atoms with Crippen LogP contribution in [0.3, 0.4) is 0 Å². The minimum atomic E-state index is -10.7. The van der Waals surface area contributed by atoms with Crippen molar-refractivity contribution in [2.75, 3.05) is 17.3 Å². The molecule has 0 atom stereocenters. The molecule has 0 aromatic heterocycles. The van der Waals surface area contributed by atoms with Crippen LogP contribution in [0.4, 0.5) is 25.2 Å². The molecular weight excluding hydrogens is 357 g/mol. The summed E-state index contributed by atoms with van der Waals surface area (Å²) in [5.41, 5.74) is 0. The van der Waals surface area contributed by atoms with Crippen molar-refractivity contribution in [3.63, 3.8) is 0 Å². The van der Waals surface area contributed by atoms with Gasteiger partial charge in [-0.1, -0.05) is 40.0 Å². The first-order valence-electron chi connectivity index (χ1n) is 8.50. The zero-order chi connectivity index (χ0) is 18.5. The number of halogens is 6. The van der Waals surface area contributed by atoms with Gasteiger partial charge >= 0.3 is 33.0 Å². The number of rotatable bonds is 12. The SMILES string of the molecule is CCCCC[S+](CCCCC)CCCCC.F[P-](F)(F)(F)(F)F. The molecule has 0 amide bonds. The summed E-state index contributed by atoms with van der Waals surface area (Å²) in [5, 5.41) is 0. The van der Waals surface area contributed by atoms with Gasteiger partial charge in [-0.25, -0.2) is 0 Å². The summed E-state index contributed by atoms with van der Waals surface area (Å²) >= 11 is 0. The normalized spacial score (nSPS) is 14.9. The van der Waals surface area contributed by atoms with E-state index in [-0.39, 0.29) is 0 Å². The van der Waals surface area contributed by atoms with E-state index >= 15 is 0 Å². The zero-order valence-electron chi connectivity index (χ0n) is 14.6. The first-order chi connectivity index (χ1) is 10.3. The Balaban J connectivity index is 0. The Kier molecular flexibility index (Phi) is 12.3. The molecule has 0 aromatic rings. The molecule has 0 nitrogen and oxygen atoms in total. The fourth-order valence-electron chi connectivity index (χ4n) is 1.97. The van der Waals surface area contributed by atoms with Crippen LogP contribution < -0.4 is 0 Å². The zero-order valence-corrected chi connectivity index (χ0v) is 16.3. The van der Waals surface area contributed by atoms with Crippen LogP contribution >= 0.6 is 7.81 Å². The van der Waals surface area contributed by atoms with Crippen LogP contribution in [0.5, 0.6) is 0 Å². The summed E-state index contributed by atoms with van der Waals surface area (Å²) in [6.07, 6.45) is 12.9. The maximum absolute atomic E-state index is 10.7. The van der Waals surface area contributed by atoms with E-state index < -0.39 is 7.81 Å². The molecule has 0 rings (SSSR count). The van der Waals surface area contributed by atoms with Crippen molar-refractivity contribution in [1.82, 2.24) is 0 Å². The van der Waals surface area contributed by atoms with Crippen molar-refractivity contribution >= 4 is 18.7 Å². The fraction of sp³-hybridized carbons (Fsp3) is 1.00. The van der Waals surface area contributed by atoms with E-state index in [1.54, 1.807) is 0 Å². The average Bonchev–Trinajstić information content (AvgIpc) is 2.35. The maximum atomic E-state index is 9.87. The molecular formula is C15H33F6PS. The Bertz CT molecular complexity index is 242. The molecule has 0 unspecified atom stereocenters. The van der Waals surface area contributed by atoms with Crippen LogP contribution in [0.25, 0.3) is 0 Å². The molecule has 0 radical (unpaired) electrons. The fourth-order valence-corrected chi connectivity index (χ4v) is 4.42. The molecule has 8 heteroatoms. The third kappa shape index (κ3) is 39.3. The topological polar surface area (TPSA) is 0 Å². The van der Waals surface area contributed by atoms with Crippen molar-refractivity contribution in [3.8, 4) is 0 Å². The van der Waals surface area contributed by atoms with E-state index in [0.717, 1.165) is 10.9 Å². The molecule has 0 N–H and O–H groups in total. The van der Waals surface area contributed by atoms with Crippen molar-refractivity contribution in [2.24, 2.45) is 0 Å². The van der Waals surface area contributed by atoms with Crippen molar-refractivity contribution in [2.45, 2.75) is 78.6 Å². The van der Waals surface area contributed by atoms with Crippen molar-refractivity contribution in [1.29, 1.82) is 0 Å². The summed E-state index contributed by atoms with van der Waals surface area (Å²) in [6, 6.07) is 0. The first kappa shape index (κ1) is 25.6. The molecule has 0 aromatic carbocycles. The van der Waals surface area contributed by atoms with Crippen LogP contribution in [-0.4, -0.2) is 17.3 Å². The molecule has 0 saturated carbocycles. The summed E-state index contributed by atoms with van der Waals surface area (Å²) in [6.45, 7) is 6.94. The van der Waals surface area contributed by atoms with E-state index in [0.29, 0.717) is 0 Å². The van der Waals surface area contributed by atoms with Gasteiger partial charge in [0, 0.05) is 0 Å². The Morgan fingerprint density at radius 1 is 0.522 bits per heavy atom. The van der Waals surface area contributed by atoms with Gasteiger partial charge in [-0.3, -0.25) is 0 Å². The Morgan fingerprint density at radius 3 is 0.913 bits per heavy atom. The third-order valence-electron chi connectivity index (χ3n) is 3.11. The van der Waals surface area contributed by atoms with Crippen LogP contribution in [0, 0.1) is 0 Å². The van der Waals surface area contributed by atoms with Crippen LogP contribution in [0.2, 0.25) is 0 Å². The van der Waals surface area contributed by atoms with E-state index in [1.807, 2.05) is 0 Å². The van der Waals surface area contributed by atoms with Crippen molar-refractivity contribution in [3.05, 3.63) is 0 Å². The second-order valence-electron chi connectivity index (χ2n) is 5.80. The van der Waals surface area contributed by atoms with Crippen LogP contribution in [0.15, 0.2) is 0 Å². The van der Waals surface area contributed by atoms with Gasteiger partial charge in [0.25, 0.3) is 0 Å². The minimum absolute atomic E-state index is 0.771. The molecule has 0 saturated heterocycles. The second-order valence-corrected chi connectivity index (χ2v) is 10.2. The van der Waals surface area contributed by atoms with Gasteiger partial charge in [0.05, 0.1) is 0 Å². The molecule has 0 aliphatic rings. The Morgan fingerprint density at radius 2 is 0.739 bits per heavy atom. The first-order valence-corrected chi connectivity index (χ1v) is 12.3. The molecule has 146 valence electrons. The van der Waals surface area contributed by atoms with Gasteiger partial charge in [0.2, 0.25) is 0 Å². The van der Waals surface area contributed by atoms with E-state index in [4.69, 9.17) is 0 Å². The molecule has 0 heterocycles. The summed E-state index contributed by atoms with van der Waals surface area (Å²) in [5.74, 6) is 4.59. The second kappa shape index (κ2) is 11.1. The Hall–Kier alpha value is 0.360. The standard InChI is InChI=1S/C15H33S.F6P/c1-4-7-10-13-16(14-11-8-5-2)15-12-9-6-3;1-7(2,3,4,5)6/h4-15H2,1-3H3;/q+1;-1. The monoisotopic (exact) mass is 390 g/mol. The number of unbranched alkanes of at least 4 members (excludes halogenated alkanes) is 6. The number of hydrogen-bond donors (Lipinski definition) is 0. The van der Waals surface area contributed by atoms with E-state index in [9.17, 15) is 25.2 Å². The molecule has 23 heavy (non-hydrogen) atoms. The number of hydrogen-bond acceptors (Lipinski definition) is 0. The van der Waals surface area contributed by atoms with Crippen LogP contribution in [-0.2, 0) is 10.9 Å².